The third-order valence-corrected chi connectivity index (χ3v) is 4.26. The van der Waals surface area contributed by atoms with E-state index in [0.29, 0.717) is 6.04 Å². The van der Waals surface area contributed by atoms with E-state index in [1.165, 1.54) is 12.8 Å². The van der Waals surface area contributed by atoms with Crippen LogP contribution in [0.4, 0.5) is 0 Å². The Bertz CT molecular complexity index is 611. The largest absolute Gasteiger partial charge is 0.444 e. The molecule has 3 rings (SSSR count). The summed E-state index contributed by atoms with van der Waals surface area (Å²) in [6.45, 7) is 10.7. The highest BCUT2D eigenvalue weighted by Crippen LogP contribution is 2.22. The van der Waals surface area contributed by atoms with Gasteiger partial charge in [-0.3, -0.25) is 4.90 Å². The first-order valence-corrected chi connectivity index (χ1v) is 7.58. The van der Waals surface area contributed by atoms with Crippen LogP contribution in [0.2, 0.25) is 0 Å². The van der Waals surface area contributed by atoms with Gasteiger partial charge in [-0.2, -0.15) is 5.10 Å². The van der Waals surface area contributed by atoms with Crippen molar-refractivity contribution in [3.63, 3.8) is 0 Å². The molecule has 0 bridgehead atoms. The quantitative estimate of drug-likeness (QED) is 0.863. The Morgan fingerprint density at radius 1 is 1.19 bits per heavy atom. The van der Waals surface area contributed by atoms with Gasteiger partial charge in [0.2, 0.25) is 5.89 Å². The van der Waals surface area contributed by atoms with Crippen LogP contribution < -0.4 is 0 Å². The number of aromatic nitrogens is 4. The molecule has 0 spiro atoms. The van der Waals surface area contributed by atoms with Gasteiger partial charge in [0.05, 0.1) is 18.8 Å². The summed E-state index contributed by atoms with van der Waals surface area (Å²) in [7, 11) is 0. The lowest BCUT2D eigenvalue weighted by Crippen LogP contribution is -2.33. The second-order valence-corrected chi connectivity index (χ2v) is 5.90. The van der Waals surface area contributed by atoms with Crippen molar-refractivity contribution < 1.29 is 4.42 Å². The fourth-order valence-electron chi connectivity index (χ4n) is 3.02. The van der Waals surface area contributed by atoms with Gasteiger partial charge in [0.1, 0.15) is 17.4 Å². The molecule has 2 aromatic heterocycles. The molecular weight excluding hydrogens is 266 g/mol. The van der Waals surface area contributed by atoms with Crippen molar-refractivity contribution in [2.75, 3.05) is 6.54 Å². The minimum atomic E-state index is 0.484. The molecule has 1 atom stereocenters. The van der Waals surface area contributed by atoms with Crippen molar-refractivity contribution in [1.82, 2.24) is 24.6 Å². The van der Waals surface area contributed by atoms with E-state index in [-0.39, 0.29) is 0 Å². The fraction of sp³-hybridized carbons (Fsp3) is 0.667. The minimum Gasteiger partial charge on any atom is -0.444 e. The zero-order valence-corrected chi connectivity index (χ0v) is 13.3. The number of rotatable bonds is 4. The third-order valence-electron chi connectivity index (χ3n) is 4.26. The molecule has 21 heavy (non-hydrogen) atoms. The molecule has 0 saturated carbocycles. The number of likely N-dealkylation sites (tertiary alicyclic amines) is 1. The lowest BCUT2D eigenvalue weighted by Gasteiger charge is -2.23. The van der Waals surface area contributed by atoms with Gasteiger partial charge in [-0.1, -0.05) is 0 Å². The summed E-state index contributed by atoms with van der Waals surface area (Å²) < 4.78 is 7.73. The highest BCUT2D eigenvalue weighted by molar-refractivity contribution is 5.05. The molecule has 0 N–H and O–H groups in total. The Morgan fingerprint density at radius 2 is 2.00 bits per heavy atom. The molecule has 2 aromatic rings. The zero-order valence-electron chi connectivity index (χ0n) is 13.3. The topological polar surface area (TPSA) is 60.0 Å². The molecule has 1 saturated heterocycles. The summed E-state index contributed by atoms with van der Waals surface area (Å²) in [5.74, 6) is 3.57. The van der Waals surface area contributed by atoms with Crippen LogP contribution >= 0.6 is 0 Å². The van der Waals surface area contributed by atoms with Crippen LogP contribution in [0, 0.1) is 27.7 Å². The van der Waals surface area contributed by atoms with Gasteiger partial charge in [-0.15, -0.1) is 0 Å². The van der Waals surface area contributed by atoms with Crippen molar-refractivity contribution in [2.24, 2.45) is 0 Å². The second kappa shape index (κ2) is 5.60. The van der Waals surface area contributed by atoms with Gasteiger partial charge in [-0.25, -0.2) is 14.6 Å². The molecule has 6 heteroatoms. The smallest absolute Gasteiger partial charge is 0.208 e. The molecule has 114 valence electrons. The van der Waals surface area contributed by atoms with Crippen molar-refractivity contribution in [3.05, 3.63) is 29.0 Å². The summed E-state index contributed by atoms with van der Waals surface area (Å²) in [6.07, 6.45) is 2.41. The van der Waals surface area contributed by atoms with Crippen LogP contribution in [0.3, 0.4) is 0 Å². The predicted molar refractivity (Wildman–Crippen MR) is 78.9 cm³/mol. The molecular formula is C15H23N5O. The van der Waals surface area contributed by atoms with Crippen LogP contribution in [0.5, 0.6) is 0 Å². The number of oxazole rings is 1. The monoisotopic (exact) mass is 289 g/mol. The first-order valence-electron chi connectivity index (χ1n) is 7.58. The summed E-state index contributed by atoms with van der Waals surface area (Å²) in [6, 6.07) is 0.484. The van der Waals surface area contributed by atoms with Crippen molar-refractivity contribution >= 4 is 0 Å². The molecule has 1 aliphatic heterocycles. The predicted octanol–water partition coefficient (Wildman–Crippen LogP) is 2.16. The number of aryl methyl sites for hydroxylation is 4. The first kappa shape index (κ1) is 14.3. The van der Waals surface area contributed by atoms with Crippen molar-refractivity contribution in [3.8, 4) is 0 Å². The highest BCUT2D eigenvalue weighted by Gasteiger charge is 2.27. The van der Waals surface area contributed by atoms with E-state index in [1.807, 2.05) is 32.4 Å². The van der Waals surface area contributed by atoms with E-state index in [0.717, 1.165) is 48.6 Å². The van der Waals surface area contributed by atoms with Gasteiger partial charge in [0, 0.05) is 6.04 Å². The van der Waals surface area contributed by atoms with E-state index in [1.54, 1.807) is 0 Å². The van der Waals surface area contributed by atoms with Gasteiger partial charge in [0.15, 0.2) is 0 Å². The van der Waals surface area contributed by atoms with Crippen LogP contribution in [-0.4, -0.2) is 37.2 Å². The Morgan fingerprint density at radius 3 is 2.62 bits per heavy atom. The molecule has 1 aliphatic rings. The molecule has 6 nitrogen and oxygen atoms in total. The first-order chi connectivity index (χ1) is 10.0. The lowest BCUT2D eigenvalue weighted by atomic mass is 10.2. The fourth-order valence-corrected chi connectivity index (χ4v) is 3.02. The maximum Gasteiger partial charge on any atom is 0.208 e. The molecule has 0 aliphatic carbocycles. The Hall–Kier alpha value is -1.69. The van der Waals surface area contributed by atoms with Crippen LogP contribution in [0.25, 0.3) is 0 Å². The molecule has 0 radical (unpaired) electrons. The Kier molecular flexibility index (Phi) is 3.80. The lowest BCUT2D eigenvalue weighted by molar-refractivity contribution is 0.198. The second-order valence-electron chi connectivity index (χ2n) is 5.90. The van der Waals surface area contributed by atoms with E-state index < -0.39 is 0 Å². The number of hydrogen-bond acceptors (Lipinski definition) is 5. The highest BCUT2D eigenvalue weighted by atomic mass is 16.4. The van der Waals surface area contributed by atoms with Gasteiger partial charge in [0.25, 0.3) is 0 Å². The molecule has 0 amide bonds. The SMILES string of the molecule is Cc1nc(C)n(CC2CCCN2Cc2nc(C)c(C)o2)n1. The third kappa shape index (κ3) is 3.00. The molecule has 1 fully saturated rings. The summed E-state index contributed by atoms with van der Waals surface area (Å²) in [5, 5.41) is 4.47. The maximum absolute atomic E-state index is 5.72. The normalized spacial score (nSPS) is 19.5. The van der Waals surface area contributed by atoms with Crippen LogP contribution in [0.15, 0.2) is 4.42 Å². The summed E-state index contributed by atoms with van der Waals surface area (Å²) >= 11 is 0. The van der Waals surface area contributed by atoms with Crippen LogP contribution in [-0.2, 0) is 13.1 Å². The van der Waals surface area contributed by atoms with Gasteiger partial charge < -0.3 is 4.42 Å². The summed E-state index contributed by atoms with van der Waals surface area (Å²) in [5.41, 5.74) is 0.989. The number of nitrogens with zero attached hydrogens (tertiary/aromatic N) is 5. The van der Waals surface area contributed by atoms with Gasteiger partial charge >= 0.3 is 0 Å². The van der Waals surface area contributed by atoms with Crippen LogP contribution in [0.1, 0.15) is 41.8 Å². The minimum absolute atomic E-state index is 0.484. The zero-order chi connectivity index (χ0) is 15.0. The molecule has 0 aromatic carbocycles. The van der Waals surface area contributed by atoms with E-state index in [9.17, 15) is 0 Å². The van der Waals surface area contributed by atoms with Gasteiger partial charge in [-0.05, 0) is 47.1 Å². The average molecular weight is 289 g/mol. The average Bonchev–Trinajstić information content (AvgIpc) is 3.05. The summed E-state index contributed by atoms with van der Waals surface area (Å²) in [4.78, 5) is 11.3. The van der Waals surface area contributed by atoms with E-state index >= 15 is 0 Å². The Balaban J connectivity index is 1.69. The molecule has 1 unspecified atom stereocenters. The number of hydrogen-bond donors (Lipinski definition) is 0. The van der Waals surface area contributed by atoms with E-state index in [4.69, 9.17) is 4.42 Å². The maximum atomic E-state index is 5.72. The standard InChI is InChI=1S/C15H23N5O/c1-10-11(2)21-15(16-10)9-19-7-5-6-14(19)8-20-13(4)17-12(3)18-20/h14H,5-9H2,1-4H3. The van der Waals surface area contributed by atoms with E-state index in [2.05, 4.69) is 20.0 Å². The molecule has 3 heterocycles. The van der Waals surface area contributed by atoms with Crippen molar-refractivity contribution in [2.45, 2.75) is 59.7 Å². The Labute approximate surface area is 125 Å². The van der Waals surface area contributed by atoms with Crippen molar-refractivity contribution in [1.29, 1.82) is 0 Å².